The van der Waals surface area contributed by atoms with Gasteiger partial charge in [0.2, 0.25) is 5.78 Å². The Hall–Kier alpha value is -4.15. The lowest BCUT2D eigenvalue weighted by Gasteiger charge is -2.51. The number of hydrogen-bond donors (Lipinski definition) is 7. The van der Waals surface area contributed by atoms with Gasteiger partial charge in [-0.3, -0.25) is 14.4 Å². The number of aliphatic hydroxyl groups is 4. The first-order chi connectivity index (χ1) is 17.1. The number of rotatable bonds is 4. The van der Waals surface area contributed by atoms with Crippen molar-refractivity contribution in [2.75, 3.05) is 11.9 Å². The second-order valence-electron chi connectivity index (χ2n) is 9.29. The van der Waals surface area contributed by atoms with Crippen LogP contribution in [0.15, 0.2) is 65.4 Å². The molecular formula is C26H24N2O8. The van der Waals surface area contributed by atoms with Crippen LogP contribution >= 0.6 is 0 Å². The summed E-state index contributed by atoms with van der Waals surface area (Å²) in [6.07, 6.45) is -2.22. The Kier molecular flexibility index (Phi) is 5.38. The van der Waals surface area contributed by atoms with E-state index >= 15 is 0 Å². The van der Waals surface area contributed by atoms with Crippen molar-refractivity contribution in [2.24, 2.45) is 17.6 Å². The predicted octanol–water partition coefficient (Wildman–Crippen LogP) is 1.05. The van der Waals surface area contributed by atoms with Crippen molar-refractivity contribution in [1.29, 1.82) is 0 Å². The van der Waals surface area contributed by atoms with Gasteiger partial charge in [0.1, 0.15) is 22.8 Å². The molecule has 2 aromatic carbocycles. The molecular weight excluding hydrogens is 468 g/mol. The molecule has 3 aliphatic rings. The van der Waals surface area contributed by atoms with Crippen molar-refractivity contribution in [3.63, 3.8) is 0 Å². The quantitative estimate of drug-likeness (QED) is 0.306. The summed E-state index contributed by atoms with van der Waals surface area (Å²) in [6, 6.07) is 13.6. The fourth-order valence-electron chi connectivity index (χ4n) is 5.80. The lowest BCUT2D eigenvalue weighted by atomic mass is 9.55. The van der Waals surface area contributed by atoms with E-state index in [0.29, 0.717) is 5.56 Å². The van der Waals surface area contributed by atoms with E-state index in [-0.39, 0.29) is 17.9 Å². The SMILES string of the molecule is NC(=O)C1=C(O)[C@@]2(O)C(=O)C3=C(O)c4c(O)cccc4[C@H](CNc4ccccc4)[C@H]3[C@H](O)[C@H]2CC1=O. The third-order valence-corrected chi connectivity index (χ3v) is 7.47. The maximum atomic E-state index is 13.8. The molecule has 0 unspecified atom stereocenters. The Morgan fingerprint density at radius 1 is 1.06 bits per heavy atom. The van der Waals surface area contributed by atoms with Crippen LogP contribution in [0.5, 0.6) is 5.75 Å². The highest BCUT2D eigenvalue weighted by molar-refractivity contribution is 6.23. The number of phenols is 1. The molecule has 5 atom stereocenters. The number of aromatic hydroxyl groups is 1. The van der Waals surface area contributed by atoms with Gasteiger partial charge in [0.15, 0.2) is 11.4 Å². The first-order valence-electron chi connectivity index (χ1n) is 11.3. The molecule has 2 aromatic rings. The number of hydrogen-bond acceptors (Lipinski definition) is 9. The van der Waals surface area contributed by atoms with Crippen molar-refractivity contribution in [3.05, 3.63) is 76.6 Å². The largest absolute Gasteiger partial charge is 0.508 e. The minimum absolute atomic E-state index is 0.0447. The van der Waals surface area contributed by atoms with E-state index in [1.807, 2.05) is 30.3 Å². The van der Waals surface area contributed by atoms with Gasteiger partial charge in [-0.1, -0.05) is 30.3 Å². The Balaban J connectivity index is 1.70. The highest BCUT2D eigenvalue weighted by Gasteiger charge is 2.65. The molecule has 186 valence electrons. The van der Waals surface area contributed by atoms with E-state index in [0.717, 1.165) is 5.69 Å². The molecule has 1 amide bonds. The number of primary amides is 1. The molecule has 0 aliphatic heterocycles. The van der Waals surface area contributed by atoms with E-state index in [4.69, 9.17) is 5.73 Å². The monoisotopic (exact) mass is 492 g/mol. The van der Waals surface area contributed by atoms with Crippen molar-refractivity contribution in [3.8, 4) is 5.75 Å². The number of para-hydroxylation sites is 1. The van der Waals surface area contributed by atoms with Gasteiger partial charge in [-0.2, -0.15) is 0 Å². The van der Waals surface area contributed by atoms with Crippen LogP contribution in [-0.4, -0.2) is 61.3 Å². The maximum absolute atomic E-state index is 13.8. The van der Waals surface area contributed by atoms with Gasteiger partial charge >= 0.3 is 0 Å². The summed E-state index contributed by atoms with van der Waals surface area (Å²) >= 11 is 0. The van der Waals surface area contributed by atoms with Crippen molar-refractivity contribution in [1.82, 2.24) is 0 Å². The summed E-state index contributed by atoms with van der Waals surface area (Å²) in [6.45, 7) is 0.152. The number of phenolic OH excluding ortho intramolecular Hbond substituents is 1. The van der Waals surface area contributed by atoms with Gasteiger partial charge in [0, 0.05) is 42.0 Å². The lowest BCUT2D eigenvalue weighted by Crippen LogP contribution is -2.64. The zero-order chi connectivity index (χ0) is 25.9. The van der Waals surface area contributed by atoms with Crippen LogP contribution < -0.4 is 11.1 Å². The summed E-state index contributed by atoms with van der Waals surface area (Å²) in [7, 11) is 0. The molecule has 0 radical (unpaired) electrons. The number of benzene rings is 2. The number of Topliss-reactive ketones (excluding diaryl/α,β-unsaturated/α-hetero) is 2. The number of nitrogens with two attached hydrogens (primary N) is 1. The molecule has 8 N–H and O–H groups in total. The zero-order valence-electron chi connectivity index (χ0n) is 18.9. The number of anilines is 1. The highest BCUT2D eigenvalue weighted by atomic mass is 16.4. The van der Waals surface area contributed by atoms with Crippen LogP contribution in [0.4, 0.5) is 5.69 Å². The van der Waals surface area contributed by atoms with Gasteiger partial charge in [-0.25, -0.2) is 0 Å². The van der Waals surface area contributed by atoms with Crippen LogP contribution in [0.1, 0.15) is 23.5 Å². The number of carbonyl (C=O) groups is 3. The molecule has 0 spiro atoms. The Bertz CT molecular complexity index is 1370. The minimum Gasteiger partial charge on any atom is -0.508 e. The molecule has 36 heavy (non-hydrogen) atoms. The van der Waals surface area contributed by atoms with Crippen molar-refractivity contribution in [2.45, 2.75) is 24.0 Å². The molecule has 0 heterocycles. The molecule has 5 rings (SSSR count). The number of carbonyl (C=O) groups excluding carboxylic acids is 3. The van der Waals surface area contributed by atoms with Crippen LogP contribution in [0.2, 0.25) is 0 Å². The Morgan fingerprint density at radius 3 is 2.42 bits per heavy atom. The molecule has 1 saturated carbocycles. The molecule has 0 aromatic heterocycles. The van der Waals surface area contributed by atoms with Crippen molar-refractivity contribution < 1.29 is 39.9 Å². The lowest BCUT2D eigenvalue weighted by molar-refractivity contribution is -0.160. The van der Waals surface area contributed by atoms with Crippen LogP contribution in [0, 0.1) is 11.8 Å². The molecule has 3 aliphatic carbocycles. The highest BCUT2D eigenvalue weighted by Crippen LogP contribution is 2.55. The number of amides is 1. The van der Waals surface area contributed by atoms with Gasteiger partial charge in [-0.05, 0) is 23.8 Å². The number of fused-ring (bicyclic) bond motifs is 3. The zero-order valence-corrected chi connectivity index (χ0v) is 18.9. The first-order valence-corrected chi connectivity index (χ1v) is 11.3. The molecule has 0 saturated heterocycles. The van der Waals surface area contributed by atoms with Gasteiger partial charge < -0.3 is 36.6 Å². The van der Waals surface area contributed by atoms with Crippen LogP contribution in [0.3, 0.4) is 0 Å². The standard InChI is InChI=1S/C26H24N2O8/c27-25(35)19-16(30)9-14-21(31)18-13(10-28-11-5-2-1-3-6-11)12-7-4-8-15(29)17(12)22(32)20(18)24(34)26(14,36)23(19)33/h1-8,13-14,18,21,28-29,31-33,36H,9-10H2,(H2,27,35)/t13-,14+,18+,21+,26+/m0/s1. The summed E-state index contributed by atoms with van der Waals surface area (Å²) in [4.78, 5) is 38.2. The third kappa shape index (κ3) is 3.15. The summed E-state index contributed by atoms with van der Waals surface area (Å²) in [5.74, 6) is -8.96. The van der Waals surface area contributed by atoms with E-state index in [9.17, 15) is 39.9 Å². The third-order valence-electron chi connectivity index (χ3n) is 7.47. The first kappa shape index (κ1) is 23.6. The number of ketones is 2. The molecule has 1 fully saturated rings. The predicted molar refractivity (Wildman–Crippen MR) is 127 cm³/mol. The molecule has 10 heteroatoms. The van der Waals surface area contributed by atoms with Gasteiger partial charge in [0.25, 0.3) is 5.91 Å². The average Bonchev–Trinajstić information content (AvgIpc) is 2.84. The van der Waals surface area contributed by atoms with Gasteiger partial charge in [0.05, 0.1) is 11.7 Å². The summed E-state index contributed by atoms with van der Waals surface area (Å²) in [5.41, 5.74) is 2.14. The average molecular weight is 492 g/mol. The second-order valence-corrected chi connectivity index (χ2v) is 9.29. The molecule has 0 bridgehead atoms. The van der Waals surface area contributed by atoms with Crippen LogP contribution in [0.25, 0.3) is 5.76 Å². The maximum Gasteiger partial charge on any atom is 0.255 e. The molecule has 10 nitrogen and oxygen atoms in total. The topological polar surface area (TPSA) is 190 Å². The number of aliphatic hydroxyl groups excluding tert-OH is 3. The normalized spacial score (nSPS) is 29.4. The Labute approximate surface area is 205 Å². The second kappa shape index (κ2) is 8.21. The smallest absolute Gasteiger partial charge is 0.255 e. The summed E-state index contributed by atoms with van der Waals surface area (Å²) in [5, 5.41) is 58.5. The van der Waals surface area contributed by atoms with Crippen LogP contribution in [-0.2, 0) is 14.4 Å². The van der Waals surface area contributed by atoms with E-state index in [1.165, 1.54) is 6.07 Å². The van der Waals surface area contributed by atoms with Gasteiger partial charge in [-0.15, -0.1) is 0 Å². The van der Waals surface area contributed by atoms with E-state index < -0.39 is 76.0 Å². The fourth-order valence-corrected chi connectivity index (χ4v) is 5.80. The minimum atomic E-state index is -2.86. The van der Waals surface area contributed by atoms with Crippen molar-refractivity contribution >= 4 is 28.9 Å². The van der Waals surface area contributed by atoms with E-state index in [2.05, 4.69) is 5.32 Å². The number of nitrogens with one attached hydrogen (secondary N) is 1. The van der Waals surface area contributed by atoms with E-state index in [1.54, 1.807) is 12.1 Å². The Morgan fingerprint density at radius 2 is 1.75 bits per heavy atom. The summed E-state index contributed by atoms with van der Waals surface area (Å²) < 4.78 is 0. The fraction of sp³-hybridized carbons (Fsp3) is 0.269.